The van der Waals surface area contributed by atoms with Crippen molar-refractivity contribution < 1.29 is 0 Å². The lowest BCUT2D eigenvalue weighted by atomic mass is 9.89. The zero-order chi connectivity index (χ0) is 14.5. The van der Waals surface area contributed by atoms with Gasteiger partial charge in [0.1, 0.15) is 18.5 Å². The van der Waals surface area contributed by atoms with Crippen LogP contribution >= 0.6 is 0 Å². The molecule has 4 nitrogen and oxygen atoms in total. The Morgan fingerprint density at radius 3 is 2.00 bits per heavy atom. The van der Waals surface area contributed by atoms with E-state index in [0.29, 0.717) is 11.5 Å². The molecule has 0 aliphatic heterocycles. The first-order valence-corrected chi connectivity index (χ1v) is 6.67. The van der Waals surface area contributed by atoms with Crippen molar-refractivity contribution >= 4 is 5.71 Å². The van der Waals surface area contributed by atoms with E-state index >= 15 is 0 Å². The Labute approximate surface area is 123 Å². The Hall–Kier alpha value is -2.88. The van der Waals surface area contributed by atoms with Crippen LogP contribution in [0.1, 0.15) is 22.9 Å². The van der Waals surface area contributed by atoms with Gasteiger partial charge < -0.3 is 5.41 Å². The molecule has 21 heavy (non-hydrogen) atoms. The van der Waals surface area contributed by atoms with Crippen LogP contribution in [0.4, 0.5) is 0 Å². The van der Waals surface area contributed by atoms with Crippen molar-refractivity contribution in [3.05, 3.63) is 90.3 Å². The molecule has 0 saturated carbocycles. The lowest BCUT2D eigenvalue weighted by molar-refractivity contribution is 0.872. The fraction of sp³-hybridized carbons (Fsp3) is 0.0588. The van der Waals surface area contributed by atoms with Crippen molar-refractivity contribution in [2.45, 2.75) is 5.92 Å². The molecule has 0 aliphatic rings. The molecule has 3 rings (SSSR count). The summed E-state index contributed by atoms with van der Waals surface area (Å²) in [5, 5.41) is 8.56. The van der Waals surface area contributed by atoms with Crippen LogP contribution in [-0.4, -0.2) is 20.7 Å². The quantitative estimate of drug-likeness (QED) is 0.744. The van der Waals surface area contributed by atoms with E-state index < -0.39 is 0 Å². The first-order valence-electron chi connectivity index (χ1n) is 6.67. The summed E-state index contributed by atoms with van der Waals surface area (Å²) in [5.74, 6) is 0.293. The third kappa shape index (κ3) is 2.84. The van der Waals surface area contributed by atoms with E-state index in [2.05, 4.69) is 15.0 Å². The summed E-state index contributed by atoms with van der Waals surface area (Å²) in [7, 11) is 0. The number of hydrogen-bond acceptors (Lipinski definition) is 4. The van der Waals surface area contributed by atoms with Gasteiger partial charge in [-0.3, -0.25) is 0 Å². The molecule has 0 aliphatic carbocycles. The monoisotopic (exact) mass is 274 g/mol. The van der Waals surface area contributed by atoms with Crippen LogP contribution in [-0.2, 0) is 0 Å². The molecular formula is C17H14N4. The van der Waals surface area contributed by atoms with Gasteiger partial charge in [0.2, 0.25) is 0 Å². The zero-order valence-corrected chi connectivity index (χ0v) is 11.3. The molecule has 0 spiro atoms. The Morgan fingerprint density at radius 2 is 1.38 bits per heavy atom. The summed E-state index contributed by atoms with van der Waals surface area (Å²) in [5.41, 5.74) is 2.34. The van der Waals surface area contributed by atoms with Gasteiger partial charge in [-0.25, -0.2) is 15.0 Å². The number of nitrogens with zero attached hydrogens (tertiary/aromatic N) is 3. The summed E-state index contributed by atoms with van der Waals surface area (Å²) >= 11 is 0. The van der Waals surface area contributed by atoms with Crippen LogP contribution < -0.4 is 0 Å². The summed E-state index contributed by atoms with van der Waals surface area (Å²) in [6.07, 6.45) is 2.94. The average Bonchev–Trinajstić information content (AvgIpc) is 2.58. The van der Waals surface area contributed by atoms with Crippen molar-refractivity contribution in [1.29, 1.82) is 5.41 Å². The predicted molar refractivity (Wildman–Crippen MR) is 81.4 cm³/mol. The van der Waals surface area contributed by atoms with Gasteiger partial charge in [0.15, 0.2) is 0 Å². The highest BCUT2D eigenvalue weighted by Crippen LogP contribution is 2.25. The summed E-state index contributed by atoms with van der Waals surface area (Å²) in [6, 6.07) is 19.5. The van der Waals surface area contributed by atoms with Gasteiger partial charge in [-0.1, -0.05) is 60.7 Å². The van der Waals surface area contributed by atoms with E-state index in [1.807, 2.05) is 60.7 Å². The van der Waals surface area contributed by atoms with E-state index in [1.54, 1.807) is 0 Å². The first kappa shape index (κ1) is 13.1. The molecule has 1 aromatic heterocycles. The molecule has 4 heteroatoms. The molecule has 0 amide bonds. The van der Waals surface area contributed by atoms with Crippen LogP contribution in [0.5, 0.6) is 0 Å². The van der Waals surface area contributed by atoms with Gasteiger partial charge in [-0.05, 0) is 11.1 Å². The van der Waals surface area contributed by atoms with Gasteiger partial charge in [-0.15, -0.1) is 0 Å². The van der Waals surface area contributed by atoms with Gasteiger partial charge >= 0.3 is 0 Å². The molecule has 0 saturated heterocycles. The van der Waals surface area contributed by atoms with E-state index in [4.69, 9.17) is 5.41 Å². The van der Waals surface area contributed by atoms with Crippen LogP contribution in [0.15, 0.2) is 73.3 Å². The second kappa shape index (κ2) is 6.05. The SMILES string of the molecule is N=C(c1ccccc1)C(c1ccccc1)c1ncncn1. The average molecular weight is 274 g/mol. The normalized spacial score (nSPS) is 11.8. The van der Waals surface area contributed by atoms with Crippen LogP contribution in [0, 0.1) is 5.41 Å². The second-order valence-electron chi connectivity index (χ2n) is 4.62. The lowest BCUT2D eigenvalue weighted by Gasteiger charge is -2.17. The van der Waals surface area contributed by atoms with E-state index in [0.717, 1.165) is 11.1 Å². The van der Waals surface area contributed by atoms with E-state index in [-0.39, 0.29) is 5.92 Å². The molecule has 1 unspecified atom stereocenters. The highest BCUT2D eigenvalue weighted by Gasteiger charge is 2.23. The minimum absolute atomic E-state index is 0.295. The van der Waals surface area contributed by atoms with Crippen molar-refractivity contribution in [1.82, 2.24) is 15.0 Å². The molecule has 1 atom stereocenters. The van der Waals surface area contributed by atoms with Crippen molar-refractivity contribution in [2.24, 2.45) is 0 Å². The number of aromatic nitrogens is 3. The maximum Gasteiger partial charge on any atom is 0.145 e. The Morgan fingerprint density at radius 1 is 0.810 bits per heavy atom. The van der Waals surface area contributed by atoms with Crippen molar-refractivity contribution in [3.8, 4) is 0 Å². The largest absolute Gasteiger partial charge is 0.304 e. The molecule has 0 fully saturated rings. The fourth-order valence-corrected chi connectivity index (χ4v) is 2.27. The Bertz CT molecular complexity index is 672. The Balaban J connectivity index is 2.07. The molecule has 0 radical (unpaired) electrons. The molecule has 102 valence electrons. The summed E-state index contributed by atoms with van der Waals surface area (Å²) in [4.78, 5) is 12.3. The van der Waals surface area contributed by atoms with E-state index in [9.17, 15) is 0 Å². The number of hydrogen-bond donors (Lipinski definition) is 1. The van der Waals surface area contributed by atoms with Gasteiger partial charge in [0, 0.05) is 0 Å². The first-order chi connectivity index (χ1) is 10.4. The minimum Gasteiger partial charge on any atom is -0.304 e. The van der Waals surface area contributed by atoms with Gasteiger partial charge in [-0.2, -0.15) is 0 Å². The summed E-state index contributed by atoms with van der Waals surface area (Å²) < 4.78 is 0. The van der Waals surface area contributed by atoms with Gasteiger partial charge in [0.25, 0.3) is 0 Å². The fourth-order valence-electron chi connectivity index (χ4n) is 2.27. The summed E-state index contributed by atoms with van der Waals surface area (Å²) in [6.45, 7) is 0. The minimum atomic E-state index is -0.295. The predicted octanol–water partition coefficient (Wildman–Crippen LogP) is 3.07. The second-order valence-corrected chi connectivity index (χ2v) is 4.62. The van der Waals surface area contributed by atoms with Crippen LogP contribution in [0.25, 0.3) is 0 Å². The third-order valence-corrected chi connectivity index (χ3v) is 3.28. The van der Waals surface area contributed by atoms with Crippen LogP contribution in [0.2, 0.25) is 0 Å². The lowest BCUT2D eigenvalue weighted by Crippen LogP contribution is -2.17. The molecular weight excluding hydrogens is 260 g/mol. The van der Waals surface area contributed by atoms with E-state index in [1.165, 1.54) is 12.7 Å². The highest BCUT2D eigenvalue weighted by molar-refractivity contribution is 6.04. The number of nitrogens with one attached hydrogen (secondary N) is 1. The maximum atomic E-state index is 8.56. The van der Waals surface area contributed by atoms with Crippen molar-refractivity contribution in [3.63, 3.8) is 0 Å². The Kier molecular flexibility index (Phi) is 3.78. The zero-order valence-electron chi connectivity index (χ0n) is 11.3. The standard InChI is InChI=1S/C17H14N4/c18-16(14-9-5-2-6-10-14)15(13-7-3-1-4-8-13)17-20-11-19-12-21-17/h1-12,15,18H. The van der Waals surface area contributed by atoms with Crippen molar-refractivity contribution in [2.75, 3.05) is 0 Å². The van der Waals surface area contributed by atoms with Gasteiger partial charge in [0.05, 0.1) is 11.6 Å². The molecule has 3 aromatic rings. The molecule has 2 aromatic carbocycles. The maximum absolute atomic E-state index is 8.56. The smallest absolute Gasteiger partial charge is 0.145 e. The highest BCUT2D eigenvalue weighted by atomic mass is 15.0. The molecule has 1 heterocycles. The third-order valence-electron chi connectivity index (χ3n) is 3.28. The number of benzene rings is 2. The molecule has 0 bridgehead atoms. The van der Waals surface area contributed by atoms with Crippen LogP contribution in [0.3, 0.4) is 0 Å². The topological polar surface area (TPSA) is 62.5 Å². The molecule has 1 N–H and O–H groups in total. The number of rotatable bonds is 4.